The fourth-order valence-electron chi connectivity index (χ4n) is 5.46. The van der Waals surface area contributed by atoms with Gasteiger partial charge >= 0.3 is 18.4 Å². The van der Waals surface area contributed by atoms with Gasteiger partial charge in [-0.05, 0) is 80.1 Å². The van der Waals surface area contributed by atoms with Crippen LogP contribution in [0.3, 0.4) is 0 Å². The molecule has 3 amide bonds. The summed E-state index contributed by atoms with van der Waals surface area (Å²) in [5.74, 6) is -0.710. The summed E-state index contributed by atoms with van der Waals surface area (Å²) in [6, 6.07) is 2.82. The molecule has 1 N–H and O–H groups in total. The SMILES string of the molecule is C=CC[C@@]1(NC(=O)C(C)(C)C)CCN(C(=O)N(C)[C@H](C)c2cc(C(F)(F)F)cc(C(F)(F)F)c2)[C@@H](c2ccc(F)cc2C)C1. The number of aryl methyl sites for hydroxylation is 1. The lowest BCUT2D eigenvalue weighted by Gasteiger charge is -2.49. The number of urea groups is 1. The first-order chi connectivity index (χ1) is 20.1. The van der Waals surface area contributed by atoms with Gasteiger partial charge in [-0.25, -0.2) is 9.18 Å². The van der Waals surface area contributed by atoms with Gasteiger partial charge in [0.05, 0.1) is 23.2 Å². The highest BCUT2D eigenvalue weighted by molar-refractivity contribution is 5.82. The molecule has 0 radical (unpaired) electrons. The van der Waals surface area contributed by atoms with Crippen LogP contribution in [0.4, 0.5) is 35.5 Å². The molecule has 1 aliphatic rings. The number of amides is 3. The number of halogens is 7. The molecule has 0 aromatic heterocycles. The second kappa shape index (κ2) is 12.4. The molecule has 0 saturated carbocycles. The van der Waals surface area contributed by atoms with Crippen LogP contribution in [0.1, 0.15) is 86.9 Å². The number of alkyl halides is 6. The third-order valence-electron chi connectivity index (χ3n) is 8.20. The Hall–Kier alpha value is -3.57. The number of nitrogens with zero attached hydrogens (tertiary/aromatic N) is 2. The highest BCUT2D eigenvalue weighted by Crippen LogP contribution is 2.42. The summed E-state index contributed by atoms with van der Waals surface area (Å²) >= 11 is 0. The van der Waals surface area contributed by atoms with E-state index in [1.165, 1.54) is 37.1 Å². The Bertz CT molecular complexity index is 1370. The number of carbonyl (C=O) groups is 2. The fourth-order valence-corrected chi connectivity index (χ4v) is 5.46. The van der Waals surface area contributed by atoms with Gasteiger partial charge in [0, 0.05) is 24.5 Å². The summed E-state index contributed by atoms with van der Waals surface area (Å²) in [6.45, 7) is 12.2. The maximum Gasteiger partial charge on any atom is 0.416 e. The molecule has 1 saturated heterocycles. The summed E-state index contributed by atoms with van der Waals surface area (Å²) in [6.07, 6.45) is -7.54. The molecule has 0 aliphatic carbocycles. The van der Waals surface area contributed by atoms with E-state index in [9.17, 15) is 40.3 Å². The zero-order valence-electron chi connectivity index (χ0n) is 25.6. The second-order valence-electron chi connectivity index (χ2n) is 12.6. The Morgan fingerprint density at radius 2 is 1.64 bits per heavy atom. The summed E-state index contributed by atoms with van der Waals surface area (Å²) in [7, 11) is 1.31. The lowest BCUT2D eigenvalue weighted by atomic mass is 9.77. The van der Waals surface area contributed by atoms with Crippen LogP contribution < -0.4 is 5.32 Å². The van der Waals surface area contributed by atoms with E-state index in [0.29, 0.717) is 36.1 Å². The van der Waals surface area contributed by atoms with E-state index in [2.05, 4.69) is 11.9 Å². The molecule has 1 fully saturated rings. The van der Waals surface area contributed by atoms with Crippen molar-refractivity contribution in [2.75, 3.05) is 13.6 Å². The van der Waals surface area contributed by atoms with Crippen LogP contribution in [-0.4, -0.2) is 40.9 Å². The normalized spacial score (nSPS) is 20.2. The van der Waals surface area contributed by atoms with Gasteiger partial charge in [0.25, 0.3) is 0 Å². The largest absolute Gasteiger partial charge is 0.416 e. The van der Waals surface area contributed by atoms with Gasteiger partial charge in [0.1, 0.15) is 5.82 Å². The topological polar surface area (TPSA) is 52.7 Å². The highest BCUT2D eigenvalue weighted by atomic mass is 19.4. The molecule has 44 heavy (non-hydrogen) atoms. The quantitative estimate of drug-likeness (QED) is 0.257. The van der Waals surface area contributed by atoms with E-state index in [1.807, 2.05) is 0 Å². The van der Waals surface area contributed by atoms with Crippen LogP contribution in [0, 0.1) is 18.2 Å². The first-order valence-corrected chi connectivity index (χ1v) is 14.1. The van der Waals surface area contributed by atoms with Crippen molar-refractivity contribution in [3.05, 3.63) is 82.7 Å². The van der Waals surface area contributed by atoms with Crippen molar-refractivity contribution in [1.29, 1.82) is 0 Å². The molecule has 3 atom stereocenters. The second-order valence-corrected chi connectivity index (χ2v) is 12.6. The number of likely N-dealkylation sites (tertiary alicyclic amines) is 1. The van der Waals surface area contributed by atoms with E-state index in [0.717, 1.165) is 4.90 Å². The number of carbonyl (C=O) groups excluding carboxylic acids is 2. The van der Waals surface area contributed by atoms with Crippen molar-refractivity contribution in [2.45, 2.75) is 83.9 Å². The van der Waals surface area contributed by atoms with Crippen LogP contribution in [0.5, 0.6) is 0 Å². The van der Waals surface area contributed by atoms with E-state index in [4.69, 9.17) is 0 Å². The molecule has 2 aromatic rings. The van der Waals surface area contributed by atoms with E-state index in [-0.39, 0.29) is 30.5 Å². The molecular formula is C32H38F7N3O2. The molecule has 1 aliphatic heterocycles. The Labute approximate surface area is 253 Å². The fraction of sp³-hybridized carbons (Fsp3) is 0.500. The van der Waals surface area contributed by atoms with Gasteiger partial charge in [-0.15, -0.1) is 6.58 Å². The monoisotopic (exact) mass is 629 g/mol. The van der Waals surface area contributed by atoms with Crippen LogP contribution in [0.2, 0.25) is 0 Å². The Balaban J connectivity index is 2.05. The van der Waals surface area contributed by atoms with Crippen LogP contribution in [0.15, 0.2) is 49.1 Å². The first-order valence-electron chi connectivity index (χ1n) is 14.1. The van der Waals surface area contributed by atoms with Crippen molar-refractivity contribution in [1.82, 2.24) is 15.1 Å². The van der Waals surface area contributed by atoms with E-state index in [1.54, 1.807) is 33.8 Å². The summed E-state index contributed by atoms with van der Waals surface area (Å²) in [5, 5.41) is 3.13. The molecule has 0 unspecified atom stereocenters. The zero-order valence-corrected chi connectivity index (χ0v) is 25.6. The van der Waals surface area contributed by atoms with Gasteiger partial charge in [-0.2, -0.15) is 26.3 Å². The predicted molar refractivity (Wildman–Crippen MR) is 153 cm³/mol. The van der Waals surface area contributed by atoms with Crippen molar-refractivity contribution in [3.63, 3.8) is 0 Å². The Kier molecular flexibility index (Phi) is 9.87. The molecule has 0 spiro atoms. The molecule has 5 nitrogen and oxygen atoms in total. The van der Waals surface area contributed by atoms with Gasteiger partial charge in [0.15, 0.2) is 0 Å². The van der Waals surface area contributed by atoms with Crippen LogP contribution in [-0.2, 0) is 17.1 Å². The van der Waals surface area contributed by atoms with Crippen LogP contribution in [0.25, 0.3) is 0 Å². The van der Waals surface area contributed by atoms with Gasteiger partial charge in [-0.1, -0.05) is 32.9 Å². The maximum atomic E-state index is 14.1. The minimum Gasteiger partial charge on any atom is -0.350 e. The van der Waals surface area contributed by atoms with Gasteiger partial charge < -0.3 is 15.1 Å². The molecule has 1 heterocycles. The molecule has 242 valence electrons. The smallest absolute Gasteiger partial charge is 0.350 e. The minimum atomic E-state index is -5.04. The van der Waals surface area contributed by atoms with Gasteiger partial charge in [0.2, 0.25) is 5.91 Å². The molecule has 2 aromatic carbocycles. The molecular weight excluding hydrogens is 591 g/mol. The first kappa shape index (κ1) is 34.9. The lowest BCUT2D eigenvalue weighted by molar-refractivity contribution is -0.143. The molecule has 12 heteroatoms. The number of hydrogen-bond acceptors (Lipinski definition) is 2. The summed E-state index contributed by atoms with van der Waals surface area (Å²) in [4.78, 5) is 29.7. The van der Waals surface area contributed by atoms with Crippen LogP contribution >= 0.6 is 0 Å². The van der Waals surface area contributed by atoms with E-state index < -0.39 is 58.4 Å². The average Bonchev–Trinajstić information content (AvgIpc) is 2.90. The standard InChI is InChI=1S/C32H38F7N3O2/c1-8-11-30(40-27(43)29(4,5)6)12-13-42(26(18-30)25-10-9-24(33)14-19(25)2)28(44)41(7)20(3)21-15-22(31(34,35)36)17-23(16-21)32(37,38)39/h8-10,14-17,20,26H,1,11-13,18H2,2-7H3,(H,40,43)/t20-,26-,30-/m1/s1. The number of benzene rings is 2. The third-order valence-corrected chi connectivity index (χ3v) is 8.20. The van der Waals surface area contributed by atoms with Crippen molar-refractivity contribution in [3.8, 4) is 0 Å². The molecule has 0 bridgehead atoms. The summed E-state index contributed by atoms with van der Waals surface area (Å²) in [5.41, 5.74) is -3.70. The number of piperidine rings is 1. The maximum absolute atomic E-state index is 14.1. The third kappa shape index (κ3) is 7.74. The number of hydrogen-bond donors (Lipinski definition) is 1. The van der Waals surface area contributed by atoms with Crippen molar-refractivity contribution in [2.24, 2.45) is 5.41 Å². The predicted octanol–water partition coefficient (Wildman–Crippen LogP) is 8.60. The van der Waals surface area contributed by atoms with Crippen molar-refractivity contribution < 1.29 is 40.3 Å². The Morgan fingerprint density at radius 3 is 2.11 bits per heavy atom. The number of nitrogens with one attached hydrogen (secondary N) is 1. The summed E-state index contributed by atoms with van der Waals surface area (Å²) < 4.78 is 95.3. The van der Waals surface area contributed by atoms with Gasteiger partial charge in [-0.3, -0.25) is 4.79 Å². The zero-order chi connectivity index (χ0) is 33.4. The average molecular weight is 630 g/mol. The lowest BCUT2D eigenvalue weighted by Crippen LogP contribution is -2.59. The highest BCUT2D eigenvalue weighted by Gasteiger charge is 2.45. The molecule has 3 rings (SSSR count). The van der Waals surface area contributed by atoms with E-state index >= 15 is 0 Å². The Morgan fingerprint density at radius 1 is 1.07 bits per heavy atom. The minimum absolute atomic E-state index is 0.0427. The number of rotatable bonds is 6. The van der Waals surface area contributed by atoms with Crippen molar-refractivity contribution >= 4 is 11.9 Å².